The van der Waals surface area contributed by atoms with Gasteiger partial charge >= 0.3 is 30.2 Å². The first-order valence-corrected chi connectivity index (χ1v) is 24.1. The second-order valence-corrected chi connectivity index (χ2v) is 20.5. The van der Waals surface area contributed by atoms with E-state index in [2.05, 4.69) is 42.5 Å². The van der Waals surface area contributed by atoms with Crippen LogP contribution in [0.4, 0.5) is 20.1 Å². The van der Waals surface area contributed by atoms with Crippen LogP contribution >= 0.6 is 15.9 Å². The van der Waals surface area contributed by atoms with Crippen molar-refractivity contribution in [1.82, 2.24) is 30.8 Å². The summed E-state index contributed by atoms with van der Waals surface area (Å²) < 4.78 is 24.7. The summed E-state index contributed by atoms with van der Waals surface area (Å²) in [6.45, 7) is 13.7. The zero-order valence-corrected chi connectivity index (χ0v) is 42.6. The molecule has 0 saturated carbocycles. The number of carbonyl (C=O) groups is 7. The fourth-order valence-electron chi connectivity index (χ4n) is 8.25. The minimum absolute atomic E-state index is 0.0113. The van der Waals surface area contributed by atoms with Crippen molar-refractivity contribution in [3.05, 3.63) is 91.7 Å². The van der Waals surface area contributed by atoms with Crippen LogP contribution in [0.3, 0.4) is 0 Å². The molecule has 0 spiro atoms. The zero-order chi connectivity index (χ0) is 52.0. The molecule has 6 rings (SSSR count). The van der Waals surface area contributed by atoms with Crippen molar-refractivity contribution in [2.45, 2.75) is 124 Å². The summed E-state index contributed by atoms with van der Waals surface area (Å²) in [5.41, 5.74) is 5.29. The first kappa shape index (κ1) is 53.3. The predicted molar refractivity (Wildman–Crippen MR) is 265 cm³/mol. The van der Waals surface area contributed by atoms with E-state index in [1.165, 1.54) is 0 Å². The molecular formula is C50H61BrN8O12. The molecule has 0 fully saturated rings. The number of carbonyl (C=O) groups excluding carboxylic acids is 7. The predicted octanol–water partition coefficient (Wildman–Crippen LogP) is 6.16. The van der Waals surface area contributed by atoms with Gasteiger partial charge in [0.25, 0.3) is 5.56 Å². The number of nitrogens with zero attached hydrogens (tertiary/aromatic N) is 2. The Morgan fingerprint density at radius 3 is 2.32 bits per heavy atom. The van der Waals surface area contributed by atoms with Gasteiger partial charge in [-0.3, -0.25) is 19.2 Å². The highest BCUT2D eigenvalue weighted by Crippen LogP contribution is 2.42. The third kappa shape index (κ3) is 13.0. The van der Waals surface area contributed by atoms with Crippen molar-refractivity contribution < 1.29 is 52.5 Å². The lowest BCUT2D eigenvalue weighted by Gasteiger charge is -2.36. The molecule has 7 N–H and O–H groups in total. The molecule has 4 heterocycles. The molecule has 0 bridgehead atoms. The molecule has 21 heteroatoms. The van der Waals surface area contributed by atoms with Crippen LogP contribution in [0, 0.1) is 11.3 Å². The molecule has 4 aromatic rings. The first-order chi connectivity index (χ1) is 33.4. The van der Waals surface area contributed by atoms with Crippen molar-refractivity contribution >= 4 is 74.5 Å². The number of cyclic esters (lactones) is 1. The van der Waals surface area contributed by atoms with Gasteiger partial charge in [0.05, 0.1) is 35.4 Å². The van der Waals surface area contributed by atoms with E-state index < -0.39 is 70.7 Å². The molecule has 71 heavy (non-hydrogen) atoms. The lowest BCUT2D eigenvalue weighted by Crippen LogP contribution is -2.55. The van der Waals surface area contributed by atoms with E-state index >= 15 is 0 Å². The van der Waals surface area contributed by atoms with Gasteiger partial charge in [-0.25, -0.2) is 24.2 Å². The van der Waals surface area contributed by atoms with Crippen molar-refractivity contribution in [2.24, 2.45) is 17.1 Å². The number of fused-ring (bicyclic) bond motifs is 5. The van der Waals surface area contributed by atoms with Crippen molar-refractivity contribution in [2.75, 3.05) is 18.4 Å². The van der Waals surface area contributed by atoms with Gasteiger partial charge in [0, 0.05) is 39.8 Å². The number of amides is 6. The van der Waals surface area contributed by atoms with Crippen LogP contribution in [0.2, 0.25) is 0 Å². The summed E-state index contributed by atoms with van der Waals surface area (Å²) >= 11 is 3.58. The molecule has 0 saturated heterocycles. The lowest BCUT2D eigenvalue weighted by molar-refractivity contribution is -0.190. The van der Waals surface area contributed by atoms with Crippen LogP contribution < -0.4 is 37.9 Å². The summed E-state index contributed by atoms with van der Waals surface area (Å²) in [5, 5.41) is 14.1. The molecule has 2 aromatic carbocycles. The maximum Gasteiger partial charge on any atom is 0.408 e. The van der Waals surface area contributed by atoms with Gasteiger partial charge in [0.15, 0.2) is 0 Å². The Kier molecular flexibility index (Phi) is 16.5. The van der Waals surface area contributed by atoms with Crippen molar-refractivity contribution in [3.8, 4) is 11.4 Å². The minimum atomic E-state index is -1.90. The number of urea groups is 1. The second kappa shape index (κ2) is 21.9. The molecule has 2 aromatic heterocycles. The third-order valence-corrected chi connectivity index (χ3v) is 12.6. The number of nitrogens with two attached hydrogens (primary N) is 1. The number of hydrogen-bond donors (Lipinski definition) is 6. The molecular weight excluding hydrogens is 984 g/mol. The summed E-state index contributed by atoms with van der Waals surface area (Å²) in [6.07, 6.45) is -1.40. The van der Waals surface area contributed by atoms with Crippen LogP contribution in [-0.2, 0) is 63.5 Å². The Labute approximate surface area is 419 Å². The Bertz CT molecular complexity index is 2790. The maximum atomic E-state index is 14.0. The SMILES string of the molecule is CC[C@@]1(OC(=O)CC(C)(C)CNC(=O)OCc2ccc(NC(=O)[C@H](CCCNC(N)=O)NC(=O)[C@@H](NC(=O)OC(C)(C)C)C(C)C)cc2)C(=O)OCc2c1cc1n(c2=O)Cc2cc3c(Br)cccc3nc2-1. The highest BCUT2D eigenvalue weighted by Gasteiger charge is 2.51. The number of primary amides is 1. The van der Waals surface area contributed by atoms with Gasteiger partial charge in [-0.15, -0.1) is 0 Å². The number of anilines is 1. The Morgan fingerprint density at radius 2 is 1.66 bits per heavy atom. The number of hydrogen-bond acceptors (Lipinski definition) is 13. The van der Waals surface area contributed by atoms with Gasteiger partial charge in [-0.1, -0.05) is 68.7 Å². The molecule has 20 nitrogen and oxygen atoms in total. The van der Waals surface area contributed by atoms with E-state index in [-0.39, 0.29) is 81.1 Å². The second-order valence-electron chi connectivity index (χ2n) is 19.7. The van der Waals surface area contributed by atoms with Gasteiger partial charge in [-0.05, 0) is 93.3 Å². The van der Waals surface area contributed by atoms with Gasteiger partial charge in [0.1, 0.15) is 30.9 Å². The fourth-order valence-corrected chi connectivity index (χ4v) is 8.72. The van der Waals surface area contributed by atoms with Crippen LogP contribution in [0.5, 0.6) is 0 Å². The largest absolute Gasteiger partial charge is 0.457 e. The monoisotopic (exact) mass is 1040 g/mol. The number of benzene rings is 2. The van der Waals surface area contributed by atoms with Gasteiger partial charge in [0.2, 0.25) is 17.4 Å². The number of pyridine rings is 2. The van der Waals surface area contributed by atoms with Gasteiger partial charge < -0.3 is 55.8 Å². The number of esters is 2. The van der Waals surface area contributed by atoms with E-state index in [9.17, 15) is 38.4 Å². The van der Waals surface area contributed by atoms with E-state index in [1.54, 1.807) is 90.3 Å². The summed E-state index contributed by atoms with van der Waals surface area (Å²) in [7, 11) is 0. The van der Waals surface area contributed by atoms with E-state index in [0.29, 0.717) is 22.6 Å². The number of ether oxygens (including phenoxy) is 4. The van der Waals surface area contributed by atoms with Crippen LogP contribution in [0.25, 0.3) is 22.3 Å². The number of aromatic nitrogens is 2. The standard InChI is InChI=1S/C50H61BrN8O12/c1-9-50(33-21-37-40-29(20-31-34(51)12-10-13-35(31)56-40)23-59(37)43(63)32(33)25-68-44(50)64)70-38(60)22-49(7,8)26-54-46(66)69-24-28-15-17-30(18-16-28)55-41(61)36(14-11-19-53-45(52)65)57-42(62)39(27(2)3)58-47(67)71-48(4,5)6/h10,12-13,15-18,20-21,27,36,39H,9,11,14,19,22-26H2,1-8H3,(H,54,66)(H,55,61)(H,57,62)(H,58,67)(H3,52,53,65)/t36-,39-,50-/m0/s1. The number of halogens is 1. The highest BCUT2D eigenvalue weighted by molar-refractivity contribution is 9.10. The minimum Gasteiger partial charge on any atom is -0.457 e. The van der Waals surface area contributed by atoms with Crippen molar-refractivity contribution in [3.63, 3.8) is 0 Å². The third-order valence-electron chi connectivity index (χ3n) is 11.9. The van der Waals surface area contributed by atoms with Crippen LogP contribution in [-0.4, -0.2) is 82.3 Å². The smallest absolute Gasteiger partial charge is 0.408 e. The topological polar surface area (TPSA) is 277 Å². The molecule has 0 unspecified atom stereocenters. The van der Waals surface area contributed by atoms with E-state index in [1.807, 2.05) is 24.3 Å². The van der Waals surface area contributed by atoms with E-state index in [0.717, 1.165) is 20.9 Å². The normalized spacial score (nSPS) is 15.8. The number of rotatable bonds is 18. The quantitative estimate of drug-likeness (QED) is 0.0327. The molecule has 0 aliphatic carbocycles. The lowest BCUT2D eigenvalue weighted by atomic mass is 9.85. The Morgan fingerprint density at radius 1 is 0.944 bits per heavy atom. The Balaban J connectivity index is 1.03. The summed E-state index contributed by atoms with van der Waals surface area (Å²) in [5.74, 6) is -3.08. The van der Waals surface area contributed by atoms with Crippen LogP contribution in [0.1, 0.15) is 103 Å². The highest BCUT2D eigenvalue weighted by atomic mass is 79.9. The molecule has 0 radical (unpaired) electrons. The number of alkyl carbamates (subject to hydrolysis) is 2. The average Bonchev–Trinajstić information content (AvgIpc) is 3.65. The van der Waals surface area contributed by atoms with Crippen LogP contribution in [0.15, 0.2) is 63.9 Å². The maximum absolute atomic E-state index is 14.0. The van der Waals surface area contributed by atoms with Crippen molar-refractivity contribution in [1.29, 1.82) is 0 Å². The fraction of sp³-hybridized carbons (Fsp3) is 0.460. The number of nitrogens with one attached hydrogen (secondary N) is 5. The van der Waals surface area contributed by atoms with E-state index in [4.69, 9.17) is 29.7 Å². The Hall–Kier alpha value is -7.03. The molecule has 6 amide bonds. The molecule has 2 aliphatic heterocycles. The summed E-state index contributed by atoms with van der Waals surface area (Å²) in [6, 6.07) is 12.9. The average molecular weight is 1050 g/mol. The molecule has 380 valence electrons. The molecule has 2 aliphatic rings. The zero-order valence-electron chi connectivity index (χ0n) is 41.0. The first-order valence-electron chi connectivity index (χ1n) is 23.3. The van der Waals surface area contributed by atoms with Gasteiger partial charge in [-0.2, -0.15) is 0 Å². The molecule has 3 atom stereocenters. The summed E-state index contributed by atoms with van der Waals surface area (Å²) in [4.78, 5) is 110.